The van der Waals surface area contributed by atoms with Gasteiger partial charge in [0.1, 0.15) is 0 Å². The molecule has 2 fully saturated rings. The van der Waals surface area contributed by atoms with E-state index in [9.17, 15) is 0 Å². The van der Waals surface area contributed by atoms with Crippen LogP contribution in [-0.4, -0.2) is 24.3 Å². The number of thioether (sulfide) groups is 1. The van der Waals surface area contributed by atoms with E-state index in [2.05, 4.69) is 30.3 Å². The molecule has 3 heteroatoms. The van der Waals surface area contributed by atoms with Crippen molar-refractivity contribution in [2.45, 2.75) is 48.9 Å². The van der Waals surface area contributed by atoms with Crippen LogP contribution in [0.3, 0.4) is 0 Å². The lowest BCUT2D eigenvalue weighted by molar-refractivity contribution is -0.184. The second kappa shape index (κ2) is 5.64. The summed E-state index contributed by atoms with van der Waals surface area (Å²) in [5, 5.41) is 0. The third kappa shape index (κ3) is 2.90. The zero-order valence-electron chi connectivity index (χ0n) is 10.6. The molecule has 2 nitrogen and oxygen atoms in total. The lowest BCUT2D eigenvalue weighted by Gasteiger charge is -2.31. The lowest BCUT2D eigenvalue weighted by atomic mass is 9.94. The number of benzene rings is 1. The monoisotopic (exact) mass is 264 g/mol. The summed E-state index contributed by atoms with van der Waals surface area (Å²) in [7, 11) is 0. The Hall–Kier alpha value is -0.510. The molecule has 1 aliphatic carbocycles. The molecule has 0 amide bonds. The number of ether oxygens (including phenoxy) is 2. The summed E-state index contributed by atoms with van der Waals surface area (Å²) in [5.41, 5.74) is 0. The number of hydrogen-bond acceptors (Lipinski definition) is 3. The molecular weight excluding hydrogens is 244 g/mol. The summed E-state index contributed by atoms with van der Waals surface area (Å²) in [6.07, 6.45) is 6.25. The summed E-state index contributed by atoms with van der Waals surface area (Å²) in [4.78, 5) is 1.31. The molecule has 1 atom stereocenters. The Balaban J connectivity index is 1.50. The van der Waals surface area contributed by atoms with Gasteiger partial charge in [-0.3, -0.25) is 0 Å². The maximum absolute atomic E-state index is 6.17. The predicted octanol–water partition coefficient (Wildman–Crippen LogP) is 3.85. The molecule has 1 aromatic rings. The second-order valence-corrected chi connectivity index (χ2v) is 6.24. The lowest BCUT2D eigenvalue weighted by Crippen LogP contribution is -2.33. The van der Waals surface area contributed by atoms with Gasteiger partial charge in [-0.15, -0.1) is 11.8 Å². The van der Waals surface area contributed by atoms with E-state index in [1.807, 2.05) is 11.8 Å². The Morgan fingerprint density at radius 3 is 2.67 bits per heavy atom. The molecule has 1 saturated heterocycles. The quantitative estimate of drug-likeness (QED) is 0.772. The minimum Gasteiger partial charge on any atom is -0.347 e. The Labute approximate surface area is 113 Å². The fraction of sp³-hybridized carbons (Fsp3) is 0.600. The van der Waals surface area contributed by atoms with Crippen molar-refractivity contribution in [3.8, 4) is 0 Å². The van der Waals surface area contributed by atoms with Crippen LogP contribution >= 0.6 is 11.8 Å². The highest BCUT2D eigenvalue weighted by molar-refractivity contribution is 7.99. The van der Waals surface area contributed by atoms with Gasteiger partial charge in [0.15, 0.2) is 5.79 Å². The first-order valence-corrected chi connectivity index (χ1v) is 7.85. The van der Waals surface area contributed by atoms with Gasteiger partial charge in [-0.1, -0.05) is 24.6 Å². The van der Waals surface area contributed by atoms with E-state index in [1.54, 1.807) is 0 Å². The van der Waals surface area contributed by atoms with Crippen molar-refractivity contribution in [1.29, 1.82) is 0 Å². The van der Waals surface area contributed by atoms with Crippen LogP contribution in [0.4, 0.5) is 0 Å². The smallest absolute Gasteiger partial charge is 0.168 e. The highest BCUT2D eigenvalue weighted by Crippen LogP contribution is 2.38. The maximum Gasteiger partial charge on any atom is 0.168 e. The van der Waals surface area contributed by atoms with Crippen LogP contribution in [0.15, 0.2) is 35.2 Å². The van der Waals surface area contributed by atoms with Gasteiger partial charge < -0.3 is 9.47 Å². The molecule has 1 unspecified atom stereocenters. The van der Waals surface area contributed by atoms with Crippen molar-refractivity contribution < 1.29 is 9.47 Å². The average Bonchev–Trinajstić information content (AvgIpc) is 2.82. The van der Waals surface area contributed by atoms with Gasteiger partial charge in [0.05, 0.1) is 12.7 Å². The van der Waals surface area contributed by atoms with Crippen molar-refractivity contribution in [1.82, 2.24) is 0 Å². The first-order valence-electron chi connectivity index (χ1n) is 6.86. The van der Waals surface area contributed by atoms with E-state index in [1.165, 1.54) is 24.2 Å². The molecule has 2 aliphatic rings. The fourth-order valence-corrected chi connectivity index (χ4v) is 3.65. The maximum atomic E-state index is 6.17. The Kier molecular flexibility index (Phi) is 3.92. The van der Waals surface area contributed by atoms with Crippen molar-refractivity contribution in [2.75, 3.05) is 12.4 Å². The third-order valence-electron chi connectivity index (χ3n) is 3.71. The minimum atomic E-state index is -0.222. The van der Waals surface area contributed by atoms with Gasteiger partial charge in [0.25, 0.3) is 0 Å². The molecule has 0 N–H and O–H groups in total. The van der Waals surface area contributed by atoms with Crippen LogP contribution in [-0.2, 0) is 9.47 Å². The molecule has 1 heterocycles. The van der Waals surface area contributed by atoms with Crippen LogP contribution in [0.25, 0.3) is 0 Å². The van der Waals surface area contributed by atoms with Crippen molar-refractivity contribution in [3.05, 3.63) is 30.3 Å². The highest BCUT2D eigenvalue weighted by Gasteiger charge is 2.41. The van der Waals surface area contributed by atoms with Gasteiger partial charge >= 0.3 is 0 Å². The topological polar surface area (TPSA) is 18.5 Å². The predicted molar refractivity (Wildman–Crippen MR) is 73.8 cm³/mol. The van der Waals surface area contributed by atoms with E-state index in [-0.39, 0.29) is 11.9 Å². The van der Waals surface area contributed by atoms with Crippen LogP contribution in [0.5, 0.6) is 0 Å². The van der Waals surface area contributed by atoms with Crippen LogP contribution in [0.1, 0.15) is 32.1 Å². The van der Waals surface area contributed by atoms with Crippen LogP contribution in [0, 0.1) is 0 Å². The molecule has 1 aliphatic heterocycles. The van der Waals surface area contributed by atoms with Crippen molar-refractivity contribution in [3.63, 3.8) is 0 Å². The molecule has 0 aromatic heterocycles. The SMILES string of the molecule is c1ccc(SCC2COC3(CCCCC3)O2)cc1. The van der Waals surface area contributed by atoms with Gasteiger partial charge in [-0.05, 0) is 25.0 Å². The first kappa shape index (κ1) is 12.5. The highest BCUT2D eigenvalue weighted by atomic mass is 32.2. The standard InChI is InChI=1S/C15H20O2S/c1-3-7-14(8-4-1)18-12-13-11-16-15(17-13)9-5-2-6-10-15/h1,3-4,7-8,13H,2,5-6,9-12H2. The molecule has 0 radical (unpaired) electrons. The fourth-order valence-electron chi connectivity index (χ4n) is 2.76. The normalized spacial score (nSPS) is 26.6. The second-order valence-electron chi connectivity index (χ2n) is 5.15. The van der Waals surface area contributed by atoms with Crippen molar-refractivity contribution in [2.24, 2.45) is 0 Å². The van der Waals surface area contributed by atoms with Gasteiger partial charge in [0.2, 0.25) is 0 Å². The van der Waals surface area contributed by atoms with Crippen LogP contribution < -0.4 is 0 Å². The number of rotatable bonds is 3. The molecule has 0 bridgehead atoms. The molecule has 1 spiro atoms. The molecule has 98 valence electrons. The summed E-state index contributed by atoms with van der Waals surface area (Å²) in [6.45, 7) is 0.764. The third-order valence-corrected chi connectivity index (χ3v) is 4.85. The zero-order valence-corrected chi connectivity index (χ0v) is 11.5. The van der Waals surface area contributed by atoms with E-state index >= 15 is 0 Å². The van der Waals surface area contributed by atoms with Gasteiger partial charge in [0, 0.05) is 23.5 Å². The van der Waals surface area contributed by atoms with Crippen LogP contribution in [0.2, 0.25) is 0 Å². The summed E-state index contributed by atoms with van der Waals surface area (Å²) in [6, 6.07) is 10.5. The average molecular weight is 264 g/mol. The molecule has 1 aromatic carbocycles. The van der Waals surface area contributed by atoms with Crippen molar-refractivity contribution >= 4 is 11.8 Å². The van der Waals surface area contributed by atoms with E-state index in [0.29, 0.717) is 0 Å². The Bertz CT molecular complexity index is 373. The summed E-state index contributed by atoms with van der Waals surface area (Å²) >= 11 is 1.86. The molecule has 3 rings (SSSR count). The number of hydrogen-bond donors (Lipinski definition) is 0. The van der Waals surface area contributed by atoms with E-state index in [0.717, 1.165) is 25.2 Å². The Morgan fingerprint density at radius 1 is 1.11 bits per heavy atom. The van der Waals surface area contributed by atoms with E-state index < -0.39 is 0 Å². The zero-order chi connectivity index (χ0) is 12.3. The summed E-state index contributed by atoms with van der Waals surface area (Å²) < 4.78 is 12.1. The first-order chi connectivity index (χ1) is 8.86. The van der Waals surface area contributed by atoms with Gasteiger partial charge in [-0.2, -0.15) is 0 Å². The minimum absolute atomic E-state index is 0.222. The Morgan fingerprint density at radius 2 is 1.89 bits per heavy atom. The molecule has 1 saturated carbocycles. The largest absolute Gasteiger partial charge is 0.347 e. The molecular formula is C15H20O2S. The molecule has 18 heavy (non-hydrogen) atoms. The van der Waals surface area contributed by atoms with Gasteiger partial charge in [-0.25, -0.2) is 0 Å². The van der Waals surface area contributed by atoms with E-state index in [4.69, 9.17) is 9.47 Å². The summed E-state index contributed by atoms with van der Waals surface area (Å²) in [5.74, 6) is 0.770.